The van der Waals surface area contributed by atoms with Gasteiger partial charge in [0.15, 0.2) is 0 Å². The summed E-state index contributed by atoms with van der Waals surface area (Å²) in [4.78, 5) is 14.2. The fourth-order valence-corrected chi connectivity index (χ4v) is 3.02. The van der Waals surface area contributed by atoms with Crippen molar-refractivity contribution in [2.24, 2.45) is 5.92 Å². The lowest BCUT2D eigenvalue weighted by Gasteiger charge is -2.31. The number of piperidine rings is 1. The van der Waals surface area contributed by atoms with Crippen LogP contribution in [0.5, 0.6) is 0 Å². The zero-order valence-corrected chi connectivity index (χ0v) is 13.4. The van der Waals surface area contributed by atoms with Crippen molar-refractivity contribution in [1.29, 1.82) is 0 Å². The van der Waals surface area contributed by atoms with Gasteiger partial charge in [0.05, 0.1) is 10.7 Å². The Bertz CT molecular complexity index is 667. The van der Waals surface area contributed by atoms with Crippen LogP contribution in [0.25, 0.3) is 5.69 Å². The summed E-state index contributed by atoms with van der Waals surface area (Å²) in [5.74, 6) is 0.296. The van der Waals surface area contributed by atoms with E-state index in [1.54, 1.807) is 46.2 Å². The lowest BCUT2D eigenvalue weighted by Crippen LogP contribution is -2.41. The maximum atomic E-state index is 12.5. The van der Waals surface area contributed by atoms with Crippen molar-refractivity contribution in [3.63, 3.8) is 0 Å². The molecule has 122 valence electrons. The first-order valence-corrected chi connectivity index (χ1v) is 8.02. The van der Waals surface area contributed by atoms with Gasteiger partial charge < -0.3 is 15.3 Å². The van der Waals surface area contributed by atoms with Crippen molar-refractivity contribution >= 4 is 23.3 Å². The van der Waals surface area contributed by atoms with Gasteiger partial charge in [0.2, 0.25) is 0 Å². The molecule has 0 bridgehead atoms. The predicted molar refractivity (Wildman–Crippen MR) is 89.0 cm³/mol. The third-order valence-corrected chi connectivity index (χ3v) is 4.43. The van der Waals surface area contributed by atoms with Crippen molar-refractivity contribution in [3.8, 4) is 5.69 Å². The predicted octanol–water partition coefficient (Wildman–Crippen LogP) is 2.76. The van der Waals surface area contributed by atoms with Crippen molar-refractivity contribution in [2.45, 2.75) is 12.8 Å². The van der Waals surface area contributed by atoms with Crippen LogP contribution < -0.4 is 5.32 Å². The Hall–Kier alpha value is -2.05. The number of benzene rings is 1. The quantitative estimate of drug-likeness (QED) is 0.906. The van der Waals surface area contributed by atoms with Crippen LogP contribution in [-0.2, 0) is 0 Å². The van der Waals surface area contributed by atoms with Crippen molar-refractivity contribution in [3.05, 3.63) is 41.7 Å². The molecule has 0 atom stereocenters. The van der Waals surface area contributed by atoms with Gasteiger partial charge in [0, 0.05) is 32.1 Å². The van der Waals surface area contributed by atoms with E-state index < -0.39 is 0 Å². The number of nitrogens with one attached hydrogen (secondary N) is 1. The molecule has 2 heterocycles. The third kappa shape index (κ3) is 3.48. The standard InChI is InChI=1S/C16H19ClN4O2/c17-13-3-1-4-14(15(13)21-8-2-7-18-21)19-16(23)20-9-5-12(11-22)6-10-20/h1-4,7-8,12,22H,5-6,9-11H2,(H,19,23). The molecule has 0 unspecified atom stereocenters. The first kappa shape index (κ1) is 15.8. The van der Waals surface area contributed by atoms with Crippen LogP contribution >= 0.6 is 11.6 Å². The molecule has 1 saturated heterocycles. The van der Waals surface area contributed by atoms with Gasteiger partial charge in [-0.25, -0.2) is 9.48 Å². The molecule has 0 saturated carbocycles. The zero-order chi connectivity index (χ0) is 16.2. The second-order valence-corrected chi connectivity index (χ2v) is 6.04. The summed E-state index contributed by atoms with van der Waals surface area (Å²) in [6, 6.07) is 7.01. The molecule has 2 amide bonds. The summed E-state index contributed by atoms with van der Waals surface area (Å²) in [5, 5.41) is 16.8. The minimum atomic E-state index is -0.155. The van der Waals surface area contributed by atoms with Gasteiger partial charge in [0.25, 0.3) is 0 Å². The number of halogens is 1. The number of amides is 2. The Labute approximate surface area is 139 Å². The van der Waals surface area contributed by atoms with Crippen LogP contribution in [0.4, 0.5) is 10.5 Å². The number of nitrogens with zero attached hydrogens (tertiary/aromatic N) is 3. The average Bonchev–Trinajstić information content (AvgIpc) is 3.09. The van der Waals surface area contributed by atoms with E-state index in [0.29, 0.717) is 35.4 Å². The molecule has 1 fully saturated rings. The van der Waals surface area contributed by atoms with Crippen LogP contribution in [0.1, 0.15) is 12.8 Å². The van der Waals surface area contributed by atoms with E-state index in [2.05, 4.69) is 10.4 Å². The molecule has 2 aromatic rings. The zero-order valence-electron chi connectivity index (χ0n) is 12.7. The van der Waals surface area contributed by atoms with Crippen LogP contribution in [-0.4, -0.2) is 45.5 Å². The van der Waals surface area contributed by atoms with Crippen molar-refractivity contribution < 1.29 is 9.90 Å². The van der Waals surface area contributed by atoms with E-state index >= 15 is 0 Å². The second-order valence-electron chi connectivity index (χ2n) is 5.63. The topological polar surface area (TPSA) is 70.4 Å². The highest BCUT2D eigenvalue weighted by Gasteiger charge is 2.23. The number of rotatable bonds is 3. The molecule has 2 N–H and O–H groups in total. The lowest BCUT2D eigenvalue weighted by atomic mass is 9.98. The summed E-state index contributed by atoms with van der Waals surface area (Å²) in [7, 11) is 0. The first-order valence-electron chi connectivity index (χ1n) is 7.64. The number of anilines is 1. The molecule has 6 nitrogen and oxygen atoms in total. The number of hydrogen-bond donors (Lipinski definition) is 2. The smallest absolute Gasteiger partial charge is 0.321 e. The number of likely N-dealkylation sites (tertiary alicyclic amines) is 1. The Morgan fingerprint density at radius 1 is 1.35 bits per heavy atom. The molecular formula is C16H19ClN4O2. The summed E-state index contributed by atoms with van der Waals surface area (Å²) in [5.41, 5.74) is 1.27. The van der Waals surface area contributed by atoms with Crippen LogP contribution in [0.3, 0.4) is 0 Å². The molecule has 1 aromatic carbocycles. The third-order valence-electron chi connectivity index (χ3n) is 4.12. The number of carbonyl (C=O) groups excluding carboxylic acids is 1. The van der Waals surface area contributed by atoms with Crippen molar-refractivity contribution in [1.82, 2.24) is 14.7 Å². The van der Waals surface area contributed by atoms with Gasteiger partial charge in [0.1, 0.15) is 5.69 Å². The number of para-hydroxylation sites is 1. The Morgan fingerprint density at radius 3 is 2.78 bits per heavy atom. The summed E-state index contributed by atoms with van der Waals surface area (Å²) >= 11 is 6.27. The molecule has 23 heavy (non-hydrogen) atoms. The minimum absolute atomic E-state index is 0.155. The monoisotopic (exact) mass is 334 g/mol. The van der Waals surface area contributed by atoms with E-state index in [1.807, 2.05) is 0 Å². The fourth-order valence-electron chi connectivity index (χ4n) is 2.76. The number of aromatic nitrogens is 2. The molecule has 1 aliphatic rings. The molecule has 3 rings (SSSR count). The number of aliphatic hydroxyl groups is 1. The lowest BCUT2D eigenvalue weighted by molar-refractivity contribution is 0.143. The molecule has 0 aliphatic carbocycles. The Morgan fingerprint density at radius 2 is 2.13 bits per heavy atom. The molecule has 1 aromatic heterocycles. The minimum Gasteiger partial charge on any atom is -0.396 e. The van der Waals surface area contributed by atoms with Gasteiger partial charge in [-0.05, 0) is 37.0 Å². The number of urea groups is 1. The average molecular weight is 335 g/mol. The van der Waals surface area contributed by atoms with Crippen LogP contribution in [0, 0.1) is 5.92 Å². The Kier molecular flexibility index (Phi) is 4.83. The summed E-state index contributed by atoms with van der Waals surface area (Å²) in [6.45, 7) is 1.48. The Balaban J connectivity index is 1.76. The van der Waals surface area contributed by atoms with Crippen LogP contribution in [0.15, 0.2) is 36.7 Å². The molecule has 0 radical (unpaired) electrons. The van der Waals surface area contributed by atoms with Gasteiger partial charge in [-0.15, -0.1) is 0 Å². The second kappa shape index (κ2) is 7.02. The van der Waals surface area contributed by atoms with Gasteiger partial charge >= 0.3 is 6.03 Å². The van der Waals surface area contributed by atoms with Gasteiger partial charge in [-0.1, -0.05) is 17.7 Å². The first-order chi connectivity index (χ1) is 11.2. The maximum absolute atomic E-state index is 12.5. The van der Waals surface area contributed by atoms with E-state index in [0.717, 1.165) is 12.8 Å². The van der Waals surface area contributed by atoms with E-state index in [4.69, 9.17) is 11.6 Å². The van der Waals surface area contributed by atoms with E-state index in [-0.39, 0.29) is 12.6 Å². The summed E-state index contributed by atoms with van der Waals surface area (Å²) < 4.78 is 1.63. The SMILES string of the molecule is O=C(Nc1cccc(Cl)c1-n1cccn1)N1CCC(CO)CC1. The van der Waals surface area contributed by atoms with Gasteiger partial charge in [-0.3, -0.25) is 0 Å². The highest BCUT2D eigenvalue weighted by atomic mass is 35.5. The van der Waals surface area contributed by atoms with Crippen LogP contribution in [0.2, 0.25) is 5.02 Å². The molecule has 7 heteroatoms. The highest BCUT2D eigenvalue weighted by molar-refractivity contribution is 6.33. The fraction of sp³-hybridized carbons (Fsp3) is 0.375. The molecule has 0 spiro atoms. The normalized spacial score (nSPS) is 15.7. The van der Waals surface area contributed by atoms with Gasteiger partial charge in [-0.2, -0.15) is 5.10 Å². The molecular weight excluding hydrogens is 316 g/mol. The largest absolute Gasteiger partial charge is 0.396 e. The maximum Gasteiger partial charge on any atom is 0.321 e. The highest BCUT2D eigenvalue weighted by Crippen LogP contribution is 2.28. The summed E-state index contributed by atoms with van der Waals surface area (Å²) in [6.07, 6.45) is 5.09. The van der Waals surface area contributed by atoms with E-state index in [9.17, 15) is 9.90 Å². The molecule has 1 aliphatic heterocycles. The number of carbonyl (C=O) groups is 1. The number of hydrogen-bond acceptors (Lipinski definition) is 3. The van der Waals surface area contributed by atoms with Crippen molar-refractivity contribution in [2.75, 3.05) is 25.0 Å². The van der Waals surface area contributed by atoms with E-state index in [1.165, 1.54) is 0 Å². The number of aliphatic hydroxyl groups excluding tert-OH is 1.